The smallest absolute Gasteiger partial charge is 0.400 e. The first-order valence-corrected chi connectivity index (χ1v) is 8.04. The summed E-state index contributed by atoms with van der Waals surface area (Å²) in [7, 11) is -0.745. The van der Waals surface area contributed by atoms with Crippen molar-refractivity contribution in [3.63, 3.8) is 0 Å². The second kappa shape index (κ2) is 6.39. The van der Waals surface area contributed by atoms with Crippen molar-refractivity contribution in [2.24, 2.45) is 0 Å². The third-order valence-electron chi connectivity index (χ3n) is 4.34. The highest BCUT2D eigenvalue weighted by molar-refractivity contribution is 7.80. The lowest BCUT2D eigenvalue weighted by atomic mass is 9.78. The Kier molecular flexibility index (Phi) is 5.15. The first-order chi connectivity index (χ1) is 10.9. The van der Waals surface area contributed by atoms with E-state index in [2.05, 4.69) is 12.6 Å². The third-order valence-corrected chi connectivity index (χ3v) is 4.70. The average Bonchev–Trinajstić information content (AvgIpc) is 2.63. The molecule has 1 aromatic rings. The minimum absolute atomic E-state index is 0.0843. The Labute approximate surface area is 144 Å². The Morgan fingerprint density at radius 3 is 2.12 bits per heavy atom. The molecule has 0 radical (unpaired) electrons. The minimum Gasteiger partial charge on any atom is -0.400 e. The summed E-state index contributed by atoms with van der Waals surface area (Å²) in [6.45, 7) is 7.47. The lowest BCUT2D eigenvalue weighted by molar-refractivity contribution is -0.137. The van der Waals surface area contributed by atoms with Gasteiger partial charge in [-0.2, -0.15) is 25.8 Å². The van der Waals surface area contributed by atoms with E-state index in [4.69, 9.17) is 9.31 Å². The van der Waals surface area contributed by atoms with Crippen molar-refractivity contribution in [2.45, 2.75) is 45.1 Å². The van der Waals surface area contributed by atoms with Crippen molar-refractivity contribution in [3.05, 3.63) is 40.6 Å². The van der Waals surface area contributed by atoms with E-state index < -0.39 is 35.9 Å². The average molecular weight is 362 g/mol. The predicted octanol–water partition coefficient (Wildman–Crippen LogP) is 4.79. The number of rotatable bonds is 3. The van der Waals surface area contributed by atoms with Crippen LogP contribution in [0.25, 0.3) is 6.08 Å². The van der Waals surface area contributed by atoms with Crippen LogP contribution < -0.4 is 0 Å². The molecule has 1 aliphatic heterocycles. The van der Waals surface area contributed by atoms with Crippen LogP contribution in [-0.4, -0.2) is 24.1 Å². The molecule has 0 aromatic heterocycles. The van der Waals surface area contributed by atoms with Gasteiger partial charge < -0.3 is 9.31 Å². The summed E-state index contributed by atoms with van der Waals surface area (Å²) in [5.41, 5.74) is -1.60. The van der Waals surface area contributed by atoms with Gasteiger partial charge in [0.2, 0.25) is 0 Å². The zero-order valence-corrected chi connectivity index (χ0v) is 14.8. The summed E-state index contributed by atoms with van der Waals surface area (Å²) >= 11 is 4.20. The van der Waals surface area contributed by atoms with Gasteiger partial charge in [0.15, 0.2) is 0 Å². The van der Waals surface area contributed by atoms with E-state index in [-0.39, 0.29) is 11.3 Å². The van der Waals surface area contributed by atoms with Gasteiger partial charge in [-0.1, -0.05) is 6.08 Å². The number of benzene rings is 1. The summed E-state index contributed by atoms with van der Waals surface area (Å²) in [6, 6.07) is 2.38. The van der Waals surface area contributed by atoms with Crippen molar-refractivity contribution < 1.29 is 26.9 Å². The van der Waals surface area contributed by atoms with Gasteiger partial charge in [0.05, 0.1) is 16.8 Å². The number of alkyl halides is 3. The summed E-state index contributed by atoms with van der Waals surface area (Å²) in [4.78, 5) is 0. The van der Waals surface area contributed by atoms with E-state index in [0.29, 0.717) is 11.5 Å². The van der Waals surface area contributed by atoms with Crippen molar-refractivity contribution in [3.8, 4) is 0 Å². The van der Waals surface area contributed by atoms with Crippen LogP contribution in [0.4, 0.5) is 17.6 Å². The van der Waals surface area contributed by atoms with Crippen molar-refractivity contribution in [2.75, 3.05) is 5.75 Å². The second-order valence-electron chi connectivity index (χ2n) is 6.74. The summed E-state index contributed by atoms with van der Waals surface area (Å²) in [6.07, 6.45) is -3.19. The molecule has 0 bridgehead atoms. The number of hydrogen-bond acceptors (Lipinski definition) is 3. The Hall–Kier alpha value is -0.985. The molecule has 1 saturated heterocycles. The highest BCUT2D eigenvalue weighted by Crippen LogP contribution is 2.39. The molecule has 1 fully saturated rings. The van der Waals surface area contributed by atoms with Crippen LogP contribution in [0.1, 0.15) is 38.8 Å². The molecule has 2 nitrogen and oxygen atoms in total. The molecular formula is C16H19BF4O2S. The van der Waals surface area contributed by atoms with E-state index in [1.807, 2.05) is 27.7 Å². The lowest BCUT2D eigenvalue weighted by Gasteiger charge is -2.32. The zero-order valence-electron chi connectivity index (χ0n) is 13.9. The van der Waals surface area contributed by atoms with Gasteiger partial charge in [0.25, 0.3) is 0 Å². The van der Waals surface area contributed by atoms with Gasteiger partial charge in [0.1, 0.15) is 5.82 Å². The molecule has 8 heteroatoms. The van der Waals surface area contributed by atoms with E-state index in [1.54, 1.807) is 0 Å². The first-order valence-electron chi connectivity index (χ1n) is 7.40. The quantitative estimate of drug-likeness (QED) is 0.474. The third kappa shape index (κ3) is 3.98. The standard InChI is InChI=1S/C16H19BF4O2S/c1-14(2)15(3,4)23-17(22-14)12(9-24)6-10-5-11(16(19,20)21)8-13(18)7-10/h5-8,24H,9H2,1-4H3. The van der Waals surface area contributed by atoms with E-state index >= 15 is 0 Å². The maximum Gasteiger partial charge on any atom is 0.491 e. The van der Waals surface area contributed by atoms with Crippen molar-refractivity contribution in [1.82, 2.24) is 0 Å². The fraction of sp³-hybridized carbons (Fsp3) is 0.500. The molecular weight excluding hydrogens is 343 g/mol. The van der Waals surface area contributed by atoms with Gasteiger partial charge in [-0.3, -0.25) is 0 Å². The Balaban J connectivity index is 2.37. The topological polar surface area (TPSA) is 18.5 Å². The van der Waals surface area contributed by atoms with Gasteiger partial charge >= 0.3 is 13.3 Å². The van der Waals surface area contributed by atoms with Gasteiger partial charge in [-0.25, -0.2) is 4.39 Å². The van der Waals surface area contributed by atoms with E-state index in [9.17, 15) is 17.6 Å². The molecule has 1 heterocycles. The molecule has 2 rings (SSSR count). The summed E-state index contributed by atoms with van der Waals surface area (Å²) in [5, 5.41) is 0. The molecule has 24 heavy (non-hydrogen) atoms. The second-order valence-corrected chi connectivity index (χ2v) is 7.05. The lowest BCUT2D eigenvalue weighted by Crippen LogP contribution is -2.41. The number of thiol groups is 1. The molecule has 0 N–H and O–H groups in total. The SMILES string of the molecule is CC1(C)OB(C(=Cc2cc(F)cc(C(F)(F)F)c2)CS)OC1(C)C. The van der Waals surface area contributed by atoms with Gasteiger partial charge in [-0.05, 0) is 56.9 Å². The highest BCUT2D eigenvalue weighted by atomic mass is 32.1. The van der Waals surface area contributed by atoms with Crippen LogP contribution in [0.2, 0.25) is 0 Å². The molecule has 0 saturated carbocycles. The molecule has 1 aromatic carbocycles. The Morgan fingerprint density at radius 2 is 1.67 bits per heavy atom. The predicted molar refractivity (Wildman–Crippen MR) is 89.3 cm³/mol. The zero-order chi connectivity index (χ0) is 18.3. The maximum atomic E-state index is 13.5. The van der Waals surface area contributed by atoms with Crippen LogP contribution in [-0.2, 0) is 15.5 Å². The minimum atomic E-state index is -4.61. The molecule has 0 aliphatic carbocycles. The molecule has 0 amide bonds. The van der Waals surface area contributed by atoms with E-state index in [0.717, 1.165) is 12.1 Å². The molecule has 0 atom stereocenters. The normalized spacial score (nSPS) is 20.5. The van der Waals surface area contributed by atoms with E-state index in [1.165, 1.54) is 6.08 Å². The fourth-order valence-corrected chi connectivity index (χ4v) is 2.50. The molecule has 0 unspecified atom stereocenters. The van der Waals surface area contributed by atoms with Crippen LogP contribution in [0.3, 0.4) is 0 Å². The van der Waals surface area contributed by atoms with Crippen LogP contribution >= 0.6 is 12.6 Å². The Morgan fingerprint density at radius 1 is 1.12 bits per heavy atom. The monoisotopic (exact) mass is 362 g/mol. The molecule has 132 valence electrons. The highest BCUT2D eigenvalue weighted by Gasteiger charge is 2.52. The van der Waals surface area contributed by atoms with Crippen LogP contribution in [0, 0.1) is 5.82 Å². The van der Waals surface area contributed by atoms with Gasteiger partial charge in [-0.15, -0.1) is 0 Å². The number of halogens is 4. The van der Waals surface area contributed by atoms with Gasteiger partial charge in [0, 0.05) is 5.75 Å². The summed E-state index contributed by atoms with van der Waals surface area (Å²) in [5.74, 6) is -0.752. The Bertz CT molecular complexity index is 640. The van der Waals surface area contributed by atoms with Crippen LogP contribution in [0.5, 0.6) is 0 Å². The maximum absolute atomic E-state index is 13.5. The number of hydrogen-bond donors (Lipinski definition) is 1. The fourth-order valence-electron chi connectivity index (χ4n) is 2.26. The van der Waals surface area contributed by atoms with Crippen molar-refractivity contribution >= 4 is 25.8 Å². The molecule has 0 spiro atoms. The first kappa shape index (κ1) is 19.3. The largest absolute Gasteiger partial charge is 0.491 e. The summed E-state index contributed by atoms with van der Waals surface area (Å²) < 4.78 is 63.7. The molecule has 1 aliphatic rings. The van der Waals surface area contributed by atoms with Crippen LogP contribution in [0.15, 0.2) is 23.7 Å². The van der Waals surface area contributed by atoms with Crippen molar-refractivity contribution in [1.29, 1.82) is 0 Å².